The zero-order chi connectivity index (χ0) is 23.0. The van der Waals surface area contributed by atoms with Crippen molar-refractivity contribution in [1.29, 1.82) is 0 Å². The second-order valence-electron chi connectivity index (χ2n) is 7.02. The van der Waals surface area contributed by atoms with Crippen LogP contribution in [0.25, 0.3) is 0 Å². The normalized spacial score (nSPS) is 13.0. The largest absolute Gasteiger partial charge is 0.416 e. The smallest absolute Gasteiger partial charge is 0.328 e. The van der Waals surface area contributed by atoms with Gasteiger partial charge in [-0.25, -0.2) is 0 Å². The Kier molecular flexibility index (Phi) is 5.12. The number of carbonyl (C=O) groups is 2. The first-order chi connectivity index (χ1) is 15.1. The van der Waals surface area contributed by atoms with E-state index in [0.29, 0.717) is 11.3 Å². The van der Waals surface area contributed by atoms with Crippen LogP contribution in [0.3, 0.4) is 0 Å². The zero-order valence-corrected chi connectivity index (χ0v) is 16.1. The molecule has 0 saturated heterocycles. The summed E-state index contributed by atoms with van der Waals surface area (Å²) in [6.07, 6.45) is -4.49. The lowest BCUT2D eigenvalue weighted by Crippen LogP contribution is -2.26. The first kappa shape index (κ1) is 21.0. The molecule has 164 valence electrons. The highest BCUT2D eigenvalue weighted by molar-refractivity contribution is 6.04. The number of benzene rings is 2. The highest BCUT2D eigenvalue weighted by Gasteiger charge is 2.32. The zero-order valence-electron chi connectivity index (χ0n) is 16.1. The van der Waals surface area contributed by atoms with Crippen LogP contribution in [0.1, 0.15) is 37.5 Å². The van der Waals surface area contributed by atoms with Gasteiger partial charge in [0.1, 0.15) is 0 Å². The molecule has 0 atom stereocenters. The summed E-state index contributed by atoms with van der Waals surface area (Å²) in [7, 11) is 0. The number of nitrogens with one attached hydrogen (secondary N) is 2. The van der Waals surface area contributed by atoms with Crippen LogP contribution < -0.4 is 5.32 Å². The standard InChI is InChI=1S/C20H14F3N5O4/c21-20(22,23)13-5-1-12(2-6-13)19(30)27-9-15-16(10-27)25-26-17(15)24-18(29)11-3-7-14(8-4-11)28(31)32/h1-8H,9-10H2,(H2,24,25,26,29). The van der Waals surface area contributed by atoms with Crippen molar-refractivity contribution in [1.82, 2.24) is 15.1 Å². The maximum atomic E-state index is 12.7. The van der Waals surface area contributed by atoms with Crippen molar-refractivity contribution in [2.75, 3.05) is 5.32 Å². The predicted octanol–water partition coefficient (Wildman–Crippen LogP) is 3.75. The van der Waals surface area contributed by atoms with Gasteiger partial charge in [-0.1, -0.05) is 0 Å². The number of alkyl halides is 3. The Bertz CT molecular complexity index is 1200. The Labute approximate surface area is 178 Å². The molecule has 12 heteroatoms. The van der Waals surface area contributed by atoms with E-state index in [0.717, 1.165) is 24.3 Å². The lowest BCUT2D eigenvalue weighted by atomic mass is 10.1. The number of fused-ring (bicyclic) bond motifs is 1. The van der Waals surface area contributed by atoms with Crippen molar-refractivity contribution in [2.45, 2.75) is 19.3 Å². The van der Waals surface area contributed by atoms with E-state index in [1.165, 1.54) is 29.2 Å². The number of nitrogens with zero attached hydrogens (tertiary/aromatic N) is 3. The van der Waals surface area contributed by atoms with Crippen molar-refractivity contribution in [2.24, 2.45) is 0 Å². The molecule has 0 fully saturated rings. The summed E-state index contributed by atoms with van der Waals surface area (Å²) in [5.74, 6) is -0.802. The number of anilines is 1. The third-order valence-electron chi connectivity index (χ3n) is 4.97. The van der Waals surface area contributed by atoms with E-state index < -0.39 is 28.5 Å². The Hall–Kier alpha value is -4.22. The quantitative estimate of drug-likeness (QED) is 0.468. The van der Waals surface area contributed by atoms with Gasteiger partial charge < -0.3 is 10.2 Å². The van der Waals surface area contributed by atoms with Gasteiger partial charge in [0.2, 0.25) is 0 Å². The van der Waals surface area contributed by atoms with Gasteiger partial charge in [-0.2, -0.15) is 18.3 Å². The highest BCUT2D eigenvalue weighted by Crippen LogP contribution is 2.31. The lowest BCUT2D eigenvalue weighted by Gasteiger charge is -2.16. The summed E-state index contributed by atoms with van der Waals surface area (Å²) in [6.45, 7) is 0.247. The summed E-state index contributed by atoms with van der Waals surface area (Å²) in [5, 5.41) is 20.1. The molecule has 4 rings (SSSR count). The molecule has 2 aromatic carbocycles. The van der Waals surface area contributed by atoms with E-state index in [1.54, 1.807) is 0 Å². The summed E-state index contributed by atoms with van der Waals surface area (Å²) in [6, 6.07) is 8.95. The van der Waals surface area contributed by atoms with Crippen LogP contribution in [0.4, 0.5) is 24.7 Å². The molecule has 0 aliphatic carbocycles. The van der Waals surface area contributed by atoms with E-state index in [2.05, 4.69) is 15.5 Å². The number of aromatic nitrogens is 2. The number of hydrogen-bond donors (Lipinski definition) is 2. The molecule has 1 aromatic heterocycles. The average Bonchev–Trinajstić information content (AvgIpc) is 3.34. The molecule has 0 radical (unpaired) electrons. The van der Waals surface area contributed by atoms with Crippen LogP contribution in [-0.4, -0.2) is 31.8 Å². The van der Waals surface area contributed by atoms with Crippen molar-refractivity contribution in [3.8, 4) is 0 Å². The summed E-state index contributed by atoms with van der Waals surface area (Å²) in [5.41, 5.74) is 0.446. The number of hydrogen-bond acceptors (Lipinski definition) is 5. The van der Waals surface area contributed by atoms with Gasteiger partial charge >= 0.3 is 6.18 Å². The van der Waals surface area contributed by atoms with Crippen LogP contribution in [-0.2, 0) is 19.3 Å². The van der Waals surface area contributed by atoms with E-state index >= 15 is 0 Å². The molecule has 2 heterocycles. The Morgan fingerprint density at radius 3 is 2.25 bits per heavy atom. The fourth-order valence-corrected chi connectivity index (χ4v) is 3.29. The summed E-state index contributed by atoms with van der Waals surface area (Å²) < 4.78 is 38.1. The van der Waals surface area contributed by atoms with Gasteiger partial charge in [-0.3, -0.25) is 24.8 Å². The molecule has 2 amide bonds. The molecule has 0 bridgehead atoms. The fourth-order valence-electron chi connectivity index (χ4n) is 3.29. The van der Waals surface area contributed by atoms with Crippen molar-refractivity contribution in [3.05, 3.63) is 86.6 Å². The lowest BCUT2D eigenvalue weighted by molar-refractivity contribution is -0.384. The molecular weight excluding hydrogens is 431 g/mol. The van der Waals surface area contributed by atoms with Crippen LogP contribution in [0.5, 0.6) is 0 Å². The molecule has 3 aromatic rings. The number of carbonyl (C=O) groups excluding carboxylic acids is 2. The van der Waals surface area contributed by atoms with Gasteiger partial charge in [-0.15, -0.1) is 0 Å². The molecular formula is C20H14F3N5O4. The number of amides is 2. The minimum atomic E-state index is -4.49. The molecule has 0 saturated carbocycles. The second kappa shape index (κ2) is 7.80. The van der Waals surface area contributed by atoms with Gasteiger partial charge in [0.05, 0.1) is 29.3 Å². The monoisotopic (exact) mass is 445 g/mol. The van der Waals surface area contributed by atoms with Crippen molar-refractivity contribution < 1.29 is 27.7 Å². The second-order valence-corrected chi connectivity index (χ2v) is 7.02. The first-order valence-corrected chi connectivity index (χ1v) is 9.22. The van der Waals surface area contributed by atoms with Gasteiger partial charge in [0.15, 0.2) is 5.82 Å². The van der Waals surface area contributed by atoms with Crippen LogP contribution >= 0.6 is 0 Å². The maximum Gasteiger partial charge on any atom is 0.416 e. The minimum absolute atomic E-state index is 0.0988. The summed E-state index contributed by atoms with van der Waals surface area (Å²) >= 11 is 0. The van der Waals surface area contributed by atoms with Gasteiger partial charge in [0, 0.05) is 28.8 Å². The SMILES string of the molecule is O=C(Nc1n[nH]c2c1CN(C(=O)c1ccc(C(F)(F)F)cc1)C2)c1ccc([N+](=O)[O-])cc1. The number of aromatic amines is 1. The van der Waals surface area contributed by atoms with Crippen molar-refractivity contribution in [3.63, 3.8) is 0 Å². The number of rotatable bonds is 4. The maximum absolute atomic E-state index is 12.7. The first-order valence-electron chi connectivity index (χ1n) is 9.22. The fraction of sp³-hybridized carbons (Fsp3) is 0.150. The molecule has 1 aliphatic heterocycles. The Balaban J connectivity index is 1.45. The van der Waals surface area contributed by atoms with Crippen LogP contribution in [0.2, 0.25) is 0 Å². The van der Waals surface area contributed by atoms with Crippen molar-refractivity contribution >= 4 is 23.3 Å². The van der Waals surface area contributed by atoms with Gasteiger partial charge in [0.25, 0.3) is 17.5 Å². The topological polar surface area (TPSA) is 121 Å². The van der Waals surface area contributed by atoms with E-state index in [4.69, 9.17) is 0 Å². The number of nitro groups is 1. The molecule has 1 aliphatic rings. The average molecular weight is 445 g/mol. The highest BCUT2D eigenvalue weighted by atomic mass is 19.4. The molecule has 32 heavy (non-hydrogen) atoms. The number of H-pyrrole nitrogens is 1. The third kappa shape index (κ3) is 4.02. The number of nitro benzene ring substituents is 1. The van der Waals surface area contributed by atoms with Crippen LogP contribution in [0, 0.1) is 10.1 Å². The van der Waals surface area contributed by atoms with E-state index in [1.807, 2.05) is 0 Å². The number of non-ortho nitro benzene ring substituents is 1. The Morgan fingerprint density at radius 1 is 1.03 bits per heavy atom. The molecule has 0 unspecified atom stereocenters. The molecule has 9 nitrogen and oxygen atoms in total. The Morgan fingerprint density at radius 2 is 1.66 bits per heavy atom. The minimum Gasteiger partial charge on any atom is -0.328 e. The number of halogens is 3. The van der Waals surface area contributed by atoms with E-state index in [9.17, 15) is 32.9 Å². The summed E-state index contributed by atoms with van der Waals surface area (Å²) in [4.78, 5) is 36.7. The molecule has 2 N–H and O–H groups in total. The third-order valence-corrected chi connectivity index (χ3v) is 4.97. The predicted molar refractivity (Wildman–Crippen MR) is 105 cm³/mol. The van der Waals surface area contributed by atoms with Gasteiger partial charge in [-0.05, 0) is 36.4 Å². The van der Waals surface area contributed by atoms with Crippen LogP contribution in [0.15, 0.2) is 48.5 Å². The molecule has 0 spiro atoms. The van der Waals surface area contributed by atoms with E-state index in [-0.39, 0.29) is 35.7 Å².